The van der Waals surface area contributed by atoms with Crippen LogP contribution in [0.3, 0.4) is 0 Å². The molecule has 0 fully saturated rings. The van der Waals surface area contributed by atoms with Crippen LogP contribution in [-0.4, -0.2) is 13.0 Å². The van der Waals surface area contributed by atoms with Gasteiger partial charge in [0.05, 0.1) is 13.2 Å². The van der Waals surface area contributed by atoms with E-state index in [4.69, 9.17) is 4.74 Å². The molecule has 1 N–H and O–H groups in total. The second kappa shape index (κ2) is 7.41. The Kier molecular flexibility index (Phi) is 5.31. The van der Waals surface area contributed by atoms with Gasteiger partial charge in [0.25, 0.3) is 0 Å². The maximum Gasteiger partial charge on any atom is 0.244 e. The molecule has 0 aliphatic carbocycles. The second-order valence-electron chi connectivity index (χ2n) is 4.87. The van der Waals surface area contributed by atoms with Crippen LogP contribution in [0.25, 0.3) is 6.08 Å². The smallest absolute Gasteiger partial charge is 0.244 e. The molecule has 0 unspecified atom stereocenters. The van der Waals surface area contributed by atoms with Gasteiger partial charge >= 0.3 is 0 Å². The Morgan fingerprint density at radius 2 is 1.95 bits per heavy atom. The first-order valence-electron chi connectivity index (χ1n) is 6.97. The number of carbonyl (C=O) groups is 1. The van der Waals surface area contributed by atoms with Gasteiger partial charge in [0.15, 0.2) is 11.6 Å². The first kappa shape index (κ1) is 15.8. The average Bonchev–Trinajstić information content (AvgIpc) is 2.53. The highest BCUT2D eigenvalue weighted by Crippen LogP contribution is 2.21. The lowest BCUT2D eigenvalue weighted by Crippen LogP contribution is -2.24. The lowest BCUT2D eigenvalue weighted by atomic mass is 10.1. The number of carbonyl (C=O) groups excluding carboxylic acids is 1. The Labute approximate surface area is 129 Å². The number of hydrogen-bond donors (Lipinski definition) is 1. The highest BCUT2D eigenvalue weighted by Gasteiger charge is 2.10. The molecule has 0 spiro atoms. The van der Waals surface area contributed by atoms with Crippen molar-refractivity contribution in [2.24, 2.45) is 0 Å². The number of methoxy groups -OCH3 is 1. The fourth-order valence-corrected chi connectivity index (χ4v) is 2.03. The minimum atomic E-state index is -0.444. The number of amides is 1. The van der Waals surface area contributed by atoms with Crippen molar-refractivity contribution < 1.29 is 13.9 Å². The van der Waals surface area contributed by atoms with E-state index < -0.39 is 5.82 Å². The van der Waals surface area contributed by atoms with Gasteiger partial charge < -0.3 is 10.1 Å². The molecule has 0 aromatic heterocycles. The quantitative estimate of drug-likeness (QED) is 0.854. The Hall–Kier alpha value is -2.62. The van der Waals surface area contributed by atoms with Gasteiger partial charge in [0.1, 0.15) is 0 Å². The molecule has 0 bridgehead atoms. The normalized spacial score (nSPS) is 12.1. The van der Waals surface area contributed by atoms with E-state index in [-0.39, 0.29) is 17.7 Å². The van der Waals surface area contributed by atoms with Gasteiger partial charge in [-0.3, -0.25) is 4.79 Å². The van der Waals surface area contributed by atoms with Crippen LogP contribution in [0.15, 0.2) is 54.6 Å². The van der Waals surface area contributed by atoms with Gasteiger partial charge in [0.2, 0.25) is 5.91 Å². The number of rotatable bonds is 5. The van der Waals surface area contributed by atoms with Gasteiger partial charge in [-0.1, -0.05) is 36.4 Å². The summed E-state index contributed by atoms with van der Waals surface area (Å²) in [6.45, 7) is 1.80. The SMILES string of the molecule is COc1ccc([C@H](C)NC(=O)/C=C/c2ccccc2)cc1F. The molecule has 2 rings (SSSR count). The van der Waals surface area contributed by atoms with Crippen LogP contribution in [0, 0.1) is 5.82 Å². The topological polar surface area (TPSA) is 38.3 Å². The third kappa shape index (κ3) is 4.19. The standard InChI is InChI=1S/C18H18FNO2/c1-13(15-9-10-17(22-2)16(19)12-15)20-18(21)11-8-14-6-4-3-5-7-14/h3-13H,1-2H3,(H,20,21)/b11-8+/t13-/m0/s1. The zero-order valence-corrected chi connectivity index (χ0v) is 12.5. The maximum atomic E-state index is 13.7. The molecule has 0 radical (unpaired) electrons. The van der Waals surface area contributed by atoms with Gasteiger partial charge in [-0.25, -0.2) is 4.39 Å². The number of ether oxygens (including phenoxy) is 1. The molecular formula is C18H18FNO2. The molecule has 1 atom stereocenters. The zero-order valence-electron chi connectivity index (χ0n) is 12.5. The molecule has 0 heterocycles. The Balaban J connectivity index is 1.99. The molecule has 2 aromatic carbocycles. The van der Waals surface area contributed by atoms with Crippen molar-refractivity contribution >= 4 is 12.0 Å². The average molecular weight is 299 g/mol. The van der Waals surface area contributed by atoms with Crippen LogP contribution in [-0.2, 0) is 4.79 Å². The highest BCUT2D eigenvalue weighted by atomic mass is 19.1. The minimum Gasteiger partial charge on any atom is -0.494 e. The largest absolute Gasteiger partial charge is 0.494 e. The van der Waals surface area contributed by atoms with Crippen molar-refractivity contribution in [2.75, 3.05) is 7.11 Å². The first-order chi connectivity index (χ1) is 10.6. The second-order valence-corrected chi connectivity index (χ2v) is 4.87. The van der Waals surface area contributed by atoms with E-state index in [1.54, 1.807) is 25.1 Å². The van der Waals surface area contributed by atoms with Crippen LogP contribution >= 0.6 is 0 Å². The van der Waals surface area contributed by atoms with E-state index in [0.29, 0.717) is 5.56 Å². The van der Waals surface area contributed by atoms with Gasteiger partial charge in [-0.15, -0.1) is 0 Å². The van der Waals surface area contributed by atoms with Crippen LogP contribution in [0.5, 0.6) is 5.75 Å². The van der Waals surface area contributed by atoms with Crippen molar-refractivity contribution in [1.29, 1.82) is 0 Å². The molecule has 4 heteroatoms. The first-order valence-corrected chi connectivity index (χ1v) is 6.97. The fourth-order valence-electron chi connectivity index (χ4n) is 2.03. The van der Waals surface area contributed by atoms with Crippen molar-refractivity contribution in [3.05, 3.63) is 71.6 Å². The third-order valence-electron chi connectivity index (χ3n) is 3.26. The van der Waals surface area contributed by atoms with Crippen LogP contribution in [0.4, 0.5) is 4.39 Å². The van der Waals surface area contributed by atoms with Crippen molar-refractivity contribution in [1.82, 2.24) is 5.32 Å². The van der Waals surface area contributed by atoms with Crippen LogP contribution in [0.2, 0.25) is 0 Å². The van der Waals surface area contributed by atoms with E-state index in [2.05, 4.69) is 5.32 Å². The van der Waals surface area contributed by atoms with Crippen molar-refractivity contribution in [2.45, 2.75) is 13.0 Å². The summed E-state index contributed by atoms with van der Waals surface area (Å²) < 4.78 is 18.5. The third-order valence-corrected chi connectivity index (χ3v) is 3.26. The summed E-state index contributed by atoms with van der Waals surface area (Å²) in [4.78, 5) is 11.9. The van der Waals surface area contributed by atoms with E-state index in [1.165, 1.54) is 19.3 Å². The van der Waals surface area contributed by atoms with Crippen LogP contribution < -0.4 is 10.1 Å². The highest BCUT2D eigenvalue weighted by molar-refractivity contribution is 5.91. The molecule has 0 aliphatic rings. The van der Waals surface area contributed by atoms with E-state index >= 15 is 0 Å². The molecule has 22 heavy (non-hydrogen) atoms. The van der Waals surface area contributed by atoms with Crippen molar-refractivity contribution in [3.8, 4) is 5.75 Å². The Bertz CT molecular complexity index is 668. The van der Waals surface area contributed by atoms with E-state index in [9.17, 15) is 9.18 Å². The molecular weight excluding hydrogens is 281 g/mol. The molecule has 0 aliphatic heterocycles. The predicted molar refractivity (Wildman–Crippen MR) is 85.0 cm³/mol. The molecule has 0 saturated carbocycles. The minimum absolute atomic E-state index is 0.186. The number of benzene rings is 2. The molecule has 1 amide bonds. The summed E-state index contributed by atoms with van der Waals surface area (Å²) in [6.07, 6.45) is 3.20. The lowest BCUT2D eigenvalue weighted by molar-refractivity contribution is -0.117. The Morgan fingerprint density at radius 1 is 1.23 bits per heavy atom. The molecule has 114 valence electrons. The summed E-state index contributed by atoms with van der Waals surface area (Å²) in [6, 6.07) is 13.9. The fraction of sp³-hybridized carbons (Fsp3) is 0.167. The molecule has 0 saturated heterocycles. The van der Waals surface area contributed by atoms with Crippen LogP contribution in [0.1, 0.15) is 24.1 Å². The maximum absolute atomic E-state index is 13.7. The Morgan fingerprint density at radius 3 is 2.59 bits per heavy atom. The lowest BCUT2D eigenvalue weighted by Gasteiger charge is -2.14. The molecule has 3 nitrogen and oxygen atoms in total. The summed E-state index contributed by atoms with van der Waals surface area (Å²) in [7, 11) is 1.41. The summed E-state index contributed by atoms with van der Waals surface area (Å²) in [5.74, 6) is -0.486. The van der Waals surface area contributed by atoms with E-state index in [1.807, 2.05) is 30.3 Å². The van der Waals surface area contributed by atoms with Gasteiger partial charge in [0, 0.05) is 6.08 Å². The predicted octanol–water partition coefficient (Wildman–Crippen LogP) is 3.72. The number of halogens is 1. The van der Waals surface area contributed by atoms with Crippen molar-refractivity contribution in [3.63, 3.8) is 0 Å². The van der Waals surface area contributed by atoms with Gasteiger partial charge in [-0.05, 0) is 36.3 Å². The summed E-state index contributed by atoms with van der Waals surface area (Å²) in [5, 5.41) is 2.80. The van der Waals surface area contributed by atoms with E-state index in [0.717, 1.165) is 5.56 Å². The van der Waals surface area contributed by atoms with Gasteiger partial charge in [-0.2, -0.15) is 0 Å². The zero-order chi connectivity index (χ0) is 15.9. The number of hydrogen-bond acceptors (Lipinski definition) is 2. The summed E-state index contributed by atoms with van der Waals surface area (Å²) in [5.41, 5.74) is 1.63. The molecule has 2 aromatic rings. The monoisotopic (exact) mass is 299 g/mol. The number of nitrogens with one attached hydrogen (secondary N) is 1. The summed E-state index contributed by atoms with van der Waals surface area (Å²) >= 11 is 0.